The molecule has 31 heavy (non-hydrogen) atoms. The third-order valence-corrected chi connectivity index (χ3v) is 6.20. The molecule has 2 aromatic carbocycles. The second kappa shape index (κ2) is 9.24. The molecule has 0 radical (unpaired) electrons. The number of hydrogen-bond donors (Lipinski definition) is 1. The third kappa shape index (κ3) is 4.73. The van der Waals surface area contributed by atoms with Crippen molar-refractivity contribution in [3.8, 4) is 21.1 Å². The molecule has 0 saturated carbocycles. The van der Waals surface area contributed by atoms with E-state index in [1.165, 1.54) is 22.1 Å². The Morgan fingerprint density at radius 1 is 1.06 bits per heavy atom. The first kappa shape index (κ1) is 21.0. The highest BCUT2D eigenvalue weighted by atomic mass is 35.5. The van der Waals surface area contributed by atoms with Gasteiger partial charge in [-0.1, -0.05) is 54.1 Å². The highest BCUT2D eigenvalue weighted by Crippen LogP contribution is 2.33. The first-order valence-corrected chi connectivity index (χ1v) is 10.9. The van der Waals surface area contributed by atoms with Gasteiger partial charge in [-0.15, -0.1) is 11.3 Å². The fourth-order valence-electron chi connectivity index (χ4n) is 3.08. The molecule has 0 aliphatic rings. The number of carbonyl (C=O) groups is 1. The van der Waals surface area contributed by atoms with Crippen LogP contribution >= 0.6 is 22.9 Å². The lowest BCUT2D eigenvalue weighted by molar-refractivity contribution is 0.0952. The van der Waals surface area contributed by atoms with Gasteiger partial charge >= 0.3 is 0 Å². The van der Waals surface area contributed by atoms with E-state index in [1.54, 1.807) is 30.3 Å². The zero-order chi connectivity index (χ0) is 21.8. The summed E-state index contributed by atoms with van der Waals surface area (Å²) in [5.74, 6) is -0.291. The van der Waals surface area contributed by atoms with Gasteiger partial charge in [0.25, 0.3) is 11.5 Å². The highest BCUT2D eigenvalue weighted by Gasteiger charge is 2.14. The SMILES string of the molecule is Cc1nc(-c2ccccc2)sc1-c1ccc(=O)n(CCNC(=O)c2ccccc2Cl)n1. The molecule has 4 rings (SSSR count). The molecular formula is C23H19ClN4O2S. The summed E-state index contributed by atoms with van der Waals surface area (Å²) in [5.41, 5.74) is 2.73. The molecular weight excluding hydrogens is 432 g/mol. The van der Waals surface area contributed by atoms with Gasteiger partial charge in [-0.25, -0.2) is 9.67 Å². The van der Waals surface area contributed by atoms with Gasteiger partial charge in [0.05, 0.1) is 27.7 Å². The number of nitrogens with zero attached hydrogens (tertiary/aromatic N) is 3. The molecule has 0 atom stereocenters. The predicted octanol–water partition coefficient (Wildman–Crippen LogP) is 4.43. The van der Waals surface area contributed by atoms with Crippen LogP contribution in [0.4, 0.5) is 0 Å². The summed E-state index contributed by atoms with van der Waals surface area (Å²) in [5, 5.41) is 8.56. The zero-order valence-electron chi connectivity index (χ0n) is 16.7. The maximum absolute atomic E-state index is 12.3. The number of amides is 1. The van der Waals surface area contributed by atoms with Crippen molar-refractivity contribution in [1.29, 1.82) is 0 Å². The third-order valence-electron chi connectivity index (χ3n) is 4.64. The Kier molecular flexibility index (Phi) is 6.25. The van der Waals surface area contributed by atoms with Crippen molar-refractivity contribution in [2.45, 2.75) is 13.5 Å². The normalized spacial score (nSPS) is 10.8. The molecule has 2 aromatic heterocycles. The van der Waals surface area contributed by atoms with Crippen molar-refractivity contribution in [2.75, 3.05) is 6.54 Å². The Hall–Kier alpha value is -3.29. The Bertz CT molecular complexity index is 1280. The predicted molar refractivity (Wildman–Crippen MR) is 124 cm³/mol. The summed E-state index contributed by atoms with van der Waals surface area (Å²) in [6, 6.07) is 19.9. The summed E-state index contributed by atoms with van der Waals surface area (Å²) in [7, 11) is 0. The van der Waals surface area contributed by atoms with Crippen molar-refractivity contribution in [3.63, 3.8) is 0 Å². The van der Waals surface area contributed by atoms with Crippen molar-refractivity contribution in [1.82, 2.24) is 20.1 Å². The maximum Gasteiger partial charge on any atom is 0.266 e. The molecule has 0 saturated heterocycles. The molecule has 0 spiro atoms. The van der Waals surface area contributed by atoms with E-state index in [9.17, 15) is 9.59 Å². The number of thiazole rings is 1. The van der Waals surface area contributed by atoms with Crippen molar-refractivity contribution >= 4 is 28.8 Å². The van der Waals surface area contributed by atoms with Gasteiger partial charge in [-0.05, 0) is 25.1 Å². The molecule has 0 bridgehead atoms. The van der Waals surface area contributed by atoms with Gasteiger partial charge in [0, 0.05) is 18.2 Å². The van der Waals surface area contributed by atoms with E-state index in [0.29, 0.717) is 16.3 Å². The standard InChI is InChI=1S/C23H19ClN4O2S/c1-15-21(31-23(26-15)16-7-3-2-4-8-16)19-11-12-20(29)28(27-19)14-13-25-22(30)17-9-5-6-10-18(17)24/h2-12H,13-14H2,1H3,(H,25,30). The molecule has 0 unspecified atom stereocenters. The first-order valence-electron chi connectivity index (χ1n) is 9.67. The van der Waals surface area contributed by atoms with E-state index in [0.717, 1.165) is 21.1 Å². The molecule has 156 valence electrons. The molecule has 6 nitrogen and oxygen atoms in total. The molecule has 1 N–H and O–H groups in total. The summed E-state index contributed by atoms with van der Waals surface area (Å²) in [4.78, 5) is 30.1. The summed E-state index contributed by atoms with van der Waals surface area (Å²) in [6.07, 6.45) is 0. The van der Waals surface area contributed by atoms with Crippen LogP contribution in [-0.2, 0) is 6.54 Å². The summed E-state index contributed by atoms with van der Waals surface area (Å²) in [6.45, 7) is 2.42. The van der Waals surface area contributed by atoms with Gasteiger partial charge in [0.1, 0.15) is 10.7 Å². The van der Waals surface area contributed by atoms with Crippen LogP contribution in [0.2, 0.25) is 5.02 Å². The van der Waals surface area contributed by atoms with Crippen LogP contribution in [0.25, 0.3) is 21.1 Å². The van der Waals surface area contributed by atoms with Gasteiger partial charge in [-0.3, -0.25) is 9.59 Å². The quantitative estimate of drug-likeness (QED) is 0.471. The van der Waals surface area contributed by atoms with Gasteiger partial charge in [0.2, 0.25) is 0 Å². The Morgan fingerprint density at radius 3 is 2.58 bits per heavy atom. The molecule has 2 heterocycles. The lowest BCUT2D eigenvalue weighted by Gasteiger charge is -2.09. The fourth-order valence-corrected chi connectivity index (χ4v) is 4.34. The molecule has 1 amide bonds. The molecule has 0 aliphatic carbocycles. The van der Waals surface area contributed by atoms with E-state index in [4.69, 9.17) is 11.6 Å². The monoisotopic (exact) mass is 450 g/mol. The molecule has 0 fully saturated rings. The zero-order valence-corrected chi connectivity index (χ0v) is 18.3. The van der Waals surface area contributed by atoms with Crippen molar-refractivity contribution in [3.05, 3.63) is 93.4 Å². The minimum absolute atomic E-state index is 0.235. The average Bonchev–Trinajstić information content (AvgIpc) is 3.17. The lowest BCUT2D eigenvalue weighted by atomic mass is 10.2. The van der Waals surface area contributed by atoms with Crippen LogP contribution in [-0.4, -0.2) is 27.2 Å². The number of hydrogen-bond acceptors (Lipinski definition) is 5. The second-order valence-electron chi connectivity index (χ2n) is 6.82. The number of rotatable bonds is 6. The average molecular weight is 451 g/mol. The van der Waals surface area contributed by atoms with Crippen molar-refractivity contribution in [2.24, 2.45) is 0 Å². The van der Waals surface area contributed by atoms with Crippen LogP contribution < -0.4 is 10.9 Å². The Balaban J connectivity index is 1.50. The van der Waals surface area contributed by atoms with Crippen LogP contribution in [0.3, 0.4) is 0 Å². The minimum atomic E-state index is -0.291. The van der Waals surface area contributed by atoms with Crippen LogP contribution in [0.1, 0.15) is 16.1 Å². The lowest BCUT2D eigenvalue weighted by Crippen LogP contribution is -2.32. The largest absolute Gasteiger partial charge is 0.350 e. The number of halogens is 1. The molecule has 0 aliphatic heterocycles. The molecule has 8 heteroatoms. The minimum Gasteiger partial charge on any atom is -0.350 e. The van der Waals surface area contributed by atoms with E-state index in [-0.39, 0.29) is 24.6 Å². The van der Waals surface area contributed by atoms with Gasteiger partial charge in [0.15, 0.2) is 0 Å². The van der Waals surface area contributed by atoms with E-state index < -0.39 is 0 Å². The summed E-state index contributed by atoms with van der Waals surface area (Å²) < 4.78 is 1.35. The smallest absolute Gasteiger partial charge is 0.266 e. The Labute approximate surface area is 188 Å². The first-order chi connectivity index (χ1) is 15.0. The van der Waals surface area contributed by atoms with E-state index >= 15 is 0 Å². The number of aromatic nitrogens is 3. The van der Waals surface area contributed by atoms with Gasteiger partial charge < -0.3 is 5.32 Å². The van der Waals surface area contributed by atoms with Crippen LogP contribution in [0, 0.1) is 6.92 Å². The second-order valence-corrected chi connectivity index (χ2v) is 8.22. The highest BCUT2D eigenvalue weighted by molar-refractivity contribution is 7.18. The van der Waals surface area contributed by atoms with E-state index in [2.05, 4.69) is 15.4 Å². The molecule has 4 aromatic rings. The van der Waals surface area contributed by atoms with E-state index in [1.807, 2.05) is 37.3 Å². The number of nitrogens with one attached hydrogen (secondary N) is 1. The van der Waals surface area contributed by atoms with Crippen molar-refractivity contribution < 1.29 is 4.79 Å². The van der Waals surface area contributed by atoms with Crippen LogP contribution in [0.5, 0.6) is 0 Å². The number of carbonyl (C=O) groups excluding carboxylic acids is 1. The number of benzene rings is 2. The topological polar surface area (TPSA) is 76.9 Å². The Morgan fingerprint density at radius 2 is 1.81 bits per heavy atom. The van der Waals surface area contributed by atoms with Crippen LogP contribution in [0.15, 0.2) is 71.5 Å². The maximum atomic E-state index is 12.3. The summed E-state index contributed by atoms with van der Waals surface area (Å²) >= 11 is 7.59. The van der Waals surface area contributed by atoms with Gasteiger partial charge in [-0.2, -0.15) is 5.10 Å². The fraction of sp³-hybridized carbons (Fsp3) is 0.130. The number of aryl methyl sites for hydroxylation is 1.